The fourth-order valence-electron chi connectivity index (χ4n) is 3.30. The minimum Gasteiger partial charge on any atom is -0.463 e. The van der Waals surface area contributed by atoms with Crippen LogP contribution < -0.4 is 0 Å². The number of carbonyl (C=O) groups excluding carboxylic acids is 1. The second-order valence-electron chi connectivity index (χ2n) is 7.89. The first-order valence-corrected chi connectivity index (χ1v) is 12.0. The third kappa shape index (κ3) is 5.64. The molecule has 0 unspecified atom stereocenters. The fraction of sp³-hybridized carbons (Fsp3) is 0.364. The molecule has 0 radical (unpaired) electrons. The van der Waals surface area contributed by atoms with Crippen LogP contribution >= 0.6 is 0 Å². The molecule has 2 N–H and O–H groups in total. The molecule has 0 bridgehead atoms. The summed E-state index contributed by atoms with van der Waals surface area (Å²) < 4.78 is 31.1. The highest BCUT2D eigenvalue weighted by Gasteiger charge is 2.17. The highest BCUT2D eigenvalue weighted by molar-refractivity contribution is 7.90. The van der Waals surface area contributed by atoms with Crippen LogP contribution in [0.15, 0.2) is 41.3 Å². The number of hydrogen-bond donors (Lipinski definition) is 2. The average Bonchev–Trinajstić information content (AvgIpc) is 3.33. The van der Waals surface area contributed by atoms with Gasteiger partial charge in [0.15, 0.2) is 9.84 Å². The zero-order chi connectivity index (χ0) is 23.5. The zero-order valence-electron chi connectivity index (χ0n) is 18.6. The molecule has 2 aromatic heterocycles. The van der Waals surface area contributed by atoms with Crippen molar-refractivity contribution in [2.75, 3.05) is 33.5 Å². The van der Waals surface area contributed by atoms with Gasteiger partial charge in [-0.3, -0.25) is 9.48 Å². The molecule has 3 aromatic rings. The van der Waals surface area contributed by atoms with E-state index in [-0.39, 0.29) is 24.0 Å². The first-order valence-electron chi connectivity index (χ1n) is 10.1. The van der Waals surface area contributed by atoms with Crippen LogP contribution in [0.2, 0.25) is 0 Å². The number of aryl methyl sites for hydroxylation is 1. The Hall–Kier alpha value is -2.95. The quantitative estimate of drug-likeness (QED) is 0.468. The molecule has 0 aliphatic heterocycles. The third-order valence-corrected chi connectivity index (χ3v) is 6.07. The number of likely N-dealkylation sites (N-methyl/N-ethyl adjacent to an activating group) is 1. The molecule has 0 saturated carbocycles. The number of nitrogens with one attached hydrogen (secondary N) is 1. The van der Waals surface area contributed by atoms with Crippen LogP contribution in [-0.2, 0) is 32.5 Å². The molecule has 1 aromatic carbocycles. The molecule has 0 spiro atoms. The van der Waals surface area contributed by atoms with Crippen LogP contribution in [-0.4, -0.2) is 72.7 Å². The maximum Gasteiger partial charge on any atom is 0.327 e. The largest absolute Gasteiger partial charge is 0.463 e. The Balaban J connectivity index is 1.86. The van der Waals surface area contributed by atoms with E-state index in [9.17, 15) is 18.3 Å². The van der Waals surface area contributed by atoms with Crippen LogP contribution in [0, 0.1) is 6.92 Å². The fourth-order valence-corrected chi connectivity index (χ4v) is 4.25. The lowest BCUT2D eigenvalue weighted by molar-refractivity contribution is -0.144. The first-order chi connectivity index (χ1) is 15.1. The van der Waals surface area contributed by atoms with E-state index >= 15 is 0 Å². The van der Waals surface area contributed by atoms with Gasteiger partial charge in [0.2, 0.25) is 0 Å². The van der Waals surface area contributed by atoms with Crippen molar-refractivity contribution in [2.45, 2.75) is 25.0 Å². The van der Waals surface area contributed by atoms with Crippen molar-refractivity contribution in [3.63, 3.8) is 0 Å². The van der Waals surface area contributed by atoms with Gasteiger partial charge in [0, 0.05) is 18.5 Å². The lowest BCUT2D eigenvalue weighted by Crippen LogP contribution is -2.22. The molecule has 9 nitrogen and oxygen atoms in total. The number of nitrogens with zero attached hydrogens (tertiary/aromatic N) is 3. The Morgan fingerprint density at radius 3 is 2.56 bits per heavy atom. The van der Waals surface area contributed by atoms with Gasteiger partial charge < -0.3 is 19.7 Å². The number of rotatable bonds is 9. The predicted molar refractivity (Wildman–Crippen MR) is 121 cm³/mol. The highest BCUT2D eigenvalue weighted by atomic mass is 32.2. The standard InChI is InChI=1S/C22H28N4O5S/c1-15-11-20(26(24-15)13-22(28)31-10-9-25(2)3)19-8-7-18(23-19)16-5-6-17(14-27)21(12-16)32(4,29)30/h5-8,11-12,23,27H,9-10,13-14H2,1-4H3. The maximum absolute atomic E-state index is 12.2. The molecule has 3 rings (SSSR count). The Labute approximate surface area is 187 Å². The molecule has 0 saturated heterocycles. The number of sulfone groups is 1. The molecule has 0 atom stereocenters. The third-order valence-electron chi connectivity index (χ3n) is 4.89. The number of ether oxygens (including phenoxy) is 1. The second-order valence-corrected chi connectivity index (χ2v) is 9.87. The summed E-state index contributed by atoms with van der Waals surface area (Å²) in [6.45, 7) is 2.41. The van der Waals surface area contributed by atoms with Gasteiger partial charge in [-0.05, 0) is 56.4 Å². The SMILES string of the molecule is Cc1cc(-c2ccc(-c3ccc(CO)c(S(C)(=O)=O)c3)[nH]2)n(CC(=O)OCCN(C)C)n1. The van der Waals surface area contributed by atoms with E-state index in [4.69, 9.17) is 4.74 Å². The van der Waals surface area contributed by atoms with Crippen LogP contribution in [0.25, 0.3) is 22.6 Å². The Kier molecular flexibility index (Phi) is 7.17. The van der Waals surface area contributed by atoms with Gasteiger partial charge in [-0.15, -0.1) is 0 Å². The van der Waals surface area contributed by atoms with Gasteiger partial charge >= 0.3 is 5.97 Å². The molecule has 32 heavy (non-hydrogen) atoms. The lowest BCUT2D eigenvalue weighted by Gasteiger charge is -2.11. The average molecular weight is 461 g/mol. The topological polar surface area (TPSA) is 118 Å². The number of hydrogen-bond acceptors (Lipinski definition) is 7. The van der Waals surface area contributed by atoms with Crippen molar-refractivity contribution in [1.82, 2.24) is 19.7 Å². The number of benzene rings is 1. The van der Waals surface area contributed by atoms with Gasteiger partial charge in [0.1, 0.15) is 13.2 Å². The number of esters is 1. The van der Waals surface area contributed by atoms with Gasteiger partial charge in [-0.25, -0.2) is 8.42 Å². The first kappa shape index (κ1) is 23.7. The molecule has 0 fully saturated rings. The normalized spacial score (nSPS) is 11.8. The Bertz CT molecular complexity index is 1210. The van der Waals surface area contributed by atoms with Crippen molar-refractivity contribution in [2.24, 2.45) is 0 Å². The molecule has 0 amide bonds. The molecule has 172 valence electrons. The van der Waals surface area contributed by atoms with E-state index in [2.05, 4.69) is 10.1 Å². The summed E-state index contributed by atoms with van der Waals surface area (Å²) in [5.74, 6) is -0.375. The van der Waals surface area contributed by atoms with E-state index < -0.39 is 9.84 Å². The highest BCUT2D eigenvalue weighted by Crippen LogP contribution is 2.28. The molecular formula is C22H28N4O5S. The van der Waals surface area contributed by atoms with Crippen molar-refractivity contribution in [3.05, 3.63) is 47.7 Å². The number of aromatic amines is 1. The van der Waals surface area contributed by atoms with Crippen molar-refractivity contribution >= 4 is 15.8 Å². The zero-order valence-corrected chi connectivity index (χ0v) is 19.4. The number of carbonyl (C=O) groups is 1. The number of aliphatic hydroxyl groups is 1. The van der Waals surface area contributed by atoms with Crippen LogP contribution in [0.1, 0.15) is 11.3 Å². The molecule has 0 aliphatic rings. The minimum atomic E-state index is -3.49. The summed E-state index contributed by atoms with van der Waals surface area (Å²) in [5.41, 5.74) is 3.92. The van der Waals surface area contributed by atoms with Crippen molar-refractivity contribution < 1.29 is 23.1 Å². The summed E-state index contributed by atoms with van der Waals surface area (Å²) >= 11 is 0. The van der Waals surface area contributed by atoms with Gasteiger partial charge in [-0.2, -0.15) is 5.10 Å². The molecule has 2 heterocycles. The van der Waals surface area contributed by atoms with E-state index in [1.807, 2.05) is 44.1 Å². The van der Waals surface area contributed by atoms with E-state index in [1.165, 1.54) is 0 Å². The van der Waals surface area contributed by atoms with Gasteiger partial charge in [-0.1, -0.05) is 12.1 Å². The van der Waals surface area contributed by atoms with E-state index in [1.54, 1.807) is 22.9 Å². The van der Waals surface area contributed by atoms with Crippen molar-refractivity contribution in [1.29, 1.82) is 0 Å². The van der Waals surface area contributed by atoms with E-state index in [0.717, 1.165) is 17.6 Å². The maximum atomic E-state index is 12.2. The number of aliphatic hydroxyl groups excluding tert-OH is 1. The summed E-state index contributed by atoms with van der Waals surface area (Å²) in [6.07, 6.45) is 1.12. The number of aromatic nitrogens is 3. The summed E-state index contributed by atoms with van der Waals surface area (Å²) in [6, 6.07) is 10.4. The molecule has 10 heteroatoms. The van der Waals surface area contributed by atoms with Gasteiger partial charge in [0.25, 0.3) is 0 Å². The van der Waals surface area contributed by atoms with Crippen LogP contribution in [0.4, 0.5) is 0 Å². The summed E-state index contributed by atoms with van der Waals surface area (Å²) in [7, 11) is 0.315. The Morgan fingerprint density at radius 1 is 1.19 bits per heavy atom. The predicted octanol–water partition coefficient (Wildman–Crippen LogP) is 1.85. The molecular weight excluding hydrogens is 432 g/mol. The molecule has 0 aliphatic carbocycles. The summed E-state index contributed by atoms with van der Waals surface area (Å²) in [4.78, 5) is 17.5. The van der Waals surface area contributed by atoms with Crippen LogP contribution in [0.3, 0.4) is 0 Å². The second kappa shape index (κ2) is 9.68. The Morgan fingerprint density at radius 2 is 1.91 bits per heavy atom. The number of H-pyrrole nitrogens is 1. The van der Waals surface area contributed by atoms with Crippen molar-refractivity contribution in [3.8, 4) is 22.6 Å². The minimum absolute atomic E-state index is 0.0195. The van der Waals surface area contributed by atoms with Crippen LogP contribution in [0.5, 0.6) is 0 Å². The summed E-state index contributed by atoms with van der Waals surface area (Å²) in [5, 5.41) is 13.9. The monoisotopic (exact) mass is 460 g/mol. The van der Waals surface area contributed by atoms with Gasteiger partial charge in [0.05, 0.1) is 28.6 Å². The van der Waals surface area contributed by atoms with E-state index in [0.29, 0.717) is 35.7 Å². The smallest absolute Gasteiger partial charge is 0.327 e. The lowest BCUT2D eigenvalue weighted by atomic mass is 10.1.